The zero-order valence-electron chi connectivity index (χ0n) is 13.9. The molecule has 2 atom stereocenters. The van der Waals surface area contributed by atoms with E-state index in [0.717, 1.165) is 21.2 Å². The predicted octanol–water partition coefficient (Wildman–Crippen LogP) is 3.38. The summed E-state index contributed by atoms with van der Waals surface area (Å²) in [4.78, 5) is 16.8. The van der Waals surface area contributed by atoms with Crippen LogP contribution in [0.3, 0.4) is 0 Å². The van der Waals surface area contributed by atoms with Crippen molar-refractivity contribution >= 4 is 17.2 Å². The molecular weight excluding hydrogens is 402 g/mol. The lowest BCUT2D eigenvalue weighted by atomic mass is 10.2. The lowest BCUT2D eigenvalue weighted by Gasteiger charge is -2.10. The highest BCUT2D eigenvalue weighted by molar-refractivity contribution is 6.29. The van der Waals surface area contributed by atoms with Crippen molar-refractivity contribution in [2.45, 2.75) is 25.1 Å². The van der Waals surface area contributed by atoms with Crippen LogP contribution in [0.15, 0.2) is 29.1 Å². The topological polar surface area (TPSA) is 76.0 Å². The number of aromatic nitrogens is 4. The molecular formula is C17H10ClF4N5O. The first-order chi connectivity index (χ1) is 13.2. The number of alkyl halides is 3. The van der Waals surface area contributed by atoms with E-state index in [2.05, 4.69) is 10.1 Å². The average Bonchev–Trinajstić information content (AvgIpc) is 3.30. The highest BCUT2D eigenvalue weighted by atomic mass is 35.5. The van der Waals surface area contributed by atoms with Crippen molar-refractivity contribution in [3.05, 3.63) is 62.7 Å². The molecule has 1 unspecified atom stereocenters. The summed E-state index contributed by atoms with van der Waals surface area (Å²) in [5.41, 5.74) is -1.42. The van der Waals surface area contributed by atoms with E-state index in [4.69, 9.17) is 16.9 Å². The van der Waals surface area contributed by atoms with Crippen LogP contribution in [0, 0.1) is 23.1 Å². The Kier molecular flexibility index (Phi) is 4.15. The number of rotatable bonds is 3. The summed E-state index contributed by atoms with van der Waals surface area (Å²) in [5, 5.41) is 12.1. The van der Waals surface area contributed by atoms with Gasteiger partial charge >= 0.3 is 6.18 Å². The maximum Gasteiger partial charge on any atom is 0.435 e. The molecule has 0 amide bonds. The van der Waals surface area contributed by atoms with Crippen LogP contribution in [0.1, 0.15) is 29.4 Å². The van der Waals surface area contributed by atoms with Gasteiger partial charge in [0.25, 0.3) is 5.56 Å². The molecule has 0 radical (unpaired) electrons. The molecule has 1 saturated carbocycles. The Morgan fingerprint density at radius 2 is 2.07 bits per heavy atom. The summed E-state index contributed by atoms with van der Waals surface area (Å²) >= 11 is 5.80. The highest BCUT2D eigenvalue weighted by Crippen LogP contribution is 2.47. The lowest BCUT2D eigenvalue weighted by Crippen LogP contribution is -2.21. The third kappa shape index (κ3) is 3.11. The van der Waals surface area contributed by atoms with Crippen LogP contribution in [-0.4, -0.2) is 19.2 Å². The van der Waals surface area contributed by atoms with E-state index in [0.29, 0.717) is 12.5 Å². The molecule has 1 aliphatic rings. The number of pyridine rings is 1. The molecule has 144 valence electrons. The third-order valence-corrected chi connectivity index (χ3v) is 4.81. The first-order valence-corrected chi connectivity index (χ1v) is 8.48. The van der Waals surface area contributed by atoms with Gasteiger partial charge in [0.05, 0.1) is 29.9 Å². The minimum atomic E-state index is -4.65. The summed E-state index contributed by atoms with van der Waals surface area (Å²) in [6, 6.07) is 6.25. The fourth-order valence-electron chi connectivity index (χ4n) is 3.10. The fraction of sp³-hybridized carbons (Fsp3) is 0.294. The van der Waals surface area contributed by atoms with Gasteiger partial charge in [-0.15, -0.1) is 0 Å². The van der Waals surface area contributed by atoms with Gasteiger partial charge in [-0.25, -0.2) is 14.1 Å². The summed E-state index contributed by atoms with van der Waals surface area (Å²) in [6.45, 7) is -0.266. The van der Waals surface area contributed by atoms with Crippen LogP contribution in [0.25, 0.3) is 5.65 Å². The van der Waals surface area contributed by atoms with Gasteiger partial charge in [0.15, 0.2) is 5.69 Å². The Morgan fingerprint density at radius 1 is 1.32 bits per heavy atom. The summed E-state index contributed by atoms with van der Waals surface area (Å²) < 4.78 is 54.5. The first kappa shape index (κ1) is 18.4. The highest BCUT2D eigenvalue weighted by Gasteiger charge is 2.42. The molecule has 3 aromatic heterocycles. The standard InChI is InChI=1S/C17H10ClF4N5O/c18-13-5-12(17(20,21)22)25-26(13)7-9-4-15(28)27-14(24-9)2-1-11(19)16(27)10-3-8(10)6-23/h1-2,4-5,8,10H,3,7H2/t8?,10-/m0/s1. The fourth-order valence-corrected chi connectivity index (χ4v) is 3.30. The lowest BCUT2D eigenvalue weighted by molar-refractivity contribution is -0.141. The molecule has 6 nitrogen and oxygen atoms in total. The van der Waals surface area contributed by atoms with Crippen molar-refractivity contribution < 1.29 is 17.6 Å². The predicted molar refractivity (Wildman–Crippen MR) is 89.2 cm³/mol. The van der Waals surface area contributed by atoms with Crippen LogP contribution in [0.4, 0.5) is 17.6 Å². The second-order valence-corrected chi connectivity index (χ2v) is 6.82. The monoisotopic (exact) mass is 411 g/mol. The third-order valence-electron chi connectivity index (χ3n) is 4.50. The Bertz CT molecular complexity index is 1190. The number of nitriles is 1. The molecule has 1 fully saturated rings. The molecule has 1 aliphatic carbocycles. The normalized spacial score (nSPS) is 19.0. The molecule has 28 heavy (non-hydrogen) atoms. The van der Waals surface area contributed by atoms with Crippen molar-refractivity contribution in [1.82, 2.24) is 19.2 Å². The quantitative estimate of drug-likeness (QED) is 0.619. The number of fused-ring (bicyclic) bond motifs is 1. The minimum Gasteiger partial charge on any atom is -0.269 e. The van der Waals surface area contributed by atoms with Gasteiger partial charge in [-0.3, -0.25) is 9.20 Å². The Balaban J connectivity index is 1.76. The number of hydrogen-bond acceptors (Lipinski definition) is 4. The Labute approximate surface area is 159 Å². The number of halogens is 5. The molecule has 0 saturated heterocycles. The second kappa shape index (κ2) is 6.31. The van der Waals surface area contributed by atoms with Gasteiger partial charge in [-0.05, 0) is 18.6 Å². The largest absolute Gasteiger partial charge is 0.435 e. The molecule has 0 N–H and O–H groups in total. The van der Waals surface area contributed by atoms with E-state index >= 15 is 0 Å². The van der Waals surface area contributed by atoms with Crippen LogP contribution in [-0.2, 0) is 12.7 Å². The summed E-state index contributed by atoms with van der Waals surface area (Å²) in [6.07, 6.45) is -4.21. The summed E-state index contributed by atoms with van der Waals surface area (Å²) in [7, 11) is 0. The van der Waals surface area contributed by atoms with Gasteiger partial charge in [0, 0.05) is 18.1 Å². The summed E-state index contributed by atoms with van der Waals surface area (Å²) in [5.74, 6) is -1.37. The number of nitrogens with zero attached hydrogens (tertiary/aromatic N) is 5. The molecule has 11 heteroatoms. The van der Waals surface area contributed by atoms with Crippen molar-refractivity contribution in [3.63, 3.8) is 0 Å². The molecule has 0 bridgehead atoms. The smallest absolute Gasteiger partial charge is 0.269 e. The van der Waals surface area contributed by atoms with Gasteiger partial charge in [-0.1, -0.05) is 11.6 Å². The van der Waals surface area contributed by atoms with E-state index in [-0.39, 0.29) is 34.7 Å². The van der Waals surface area contributed by atoms with E-state index in [1.807, 2.05) is 6.07 Å². The van der Waals surface area contributed by atoms with E-state index < -0.39 is 29.2 Å². The first-order valence-electron chi connectivity index (χ1n) is 8.10. The minimum absolute atomic E-state index is 0.0876. The van der Waals surface area contributed by atoms with Crippen molar-refractivity contribution in [2.75, 3.05) is 0 Å². The molecule has 3 heterocycles. The molecule has 4 rings (SSSR count). The second-order valence-electron chi connectivity index (χ2n) is 6.43. The van der Waals surface area contributed by atoms with Crippen LogP contribution in [0.5, 0.6) is 0 Å². The number of hydrogen-bond donors (Lipinski definition) is 0. The molecule has 0 aromatic carbocycles. The van der Waals surface area contributed by atoms with Gasteiger partial charge in [0.1, 0.15) is 16.6 Å². The average molecular weight is 412 g/mol. The van der Waals surface area contributed by atoms with Crippen LogP contribution < -0.4 is 5.56 Å². The van der Waals surface area contributed by atoms with Gasteiger partial charge < -0.3 is 0 Å². The Hall–Kier alpha value is -2.93. The van der Waals surface area contributed by atoms with Gasteiger partial charge in [-0.2, -0.15) is 23.5 Å². The van der Waals surface area contributed by atoms with E-state index in [1.54, 1.807) is 0 Å². The SMILES string of the molecule is N#CC1C[C@@H]1c1c(F)ccc2nc(Cn3nc(C(F)(F)F)cc3Cl)cc(=O)n12. The van der Waals surface area contributed by atoms with E-state index in [1.165, 1.54) is 6.07 Å². The zero-order chi connectivity index (χ0) is 20.2. The molecule has 0 spiro atoms. The van der Waals surface area contributed by atoms with Gasteiger partial charge in [0.2, 0.25) is 0 Å². The maximum absolute atomic E-state index is 14.3. The zero-order valence-corrected chi connectivity index (χ0v) is 14.7. The Morgan fingerprint density at radius 3 is 2.68 bits per heavy atom. The van der Waals surface area contributed by atoms with Crippen molar-refractivity contribution in [1.29, 1.82) is 5.26 Å². The van der Waals surface area contributed by atoms with Crippen molar-refractivity contribution in [2.24, 2.45) is 5.92 Å². The van der Waals surface area contributed by atoms with Crippen LogP contribution in [0.2, 0.25) is 5.15 Å². The maximum atomic E-state index is 14.3. The molecule has 3 aromatic rings. The van der Waals surface area contributed by atoms with E-state index in [9.17, 15) is 22.4 Å². The van der Waals surface area contributed by atoms with Crippen LogP contribution >= 0.6 is 11.6 Å². The molecule has 0 aliphatic heterocycles. The van der Waals surface area contributed by atoms with Crippen molar-refractivity contribution in [3.8, 4) is 6.07 Å².